The van der Waals surface area contributed by atoms with Gasteiger partial charge in [-0.05, 0) is 83.3 Å². The first kappa shape index (κ1) is 34.9. The van der Waals surface area contributed by atoms with Gasteiger partial charge in [0.25, 0.3) is 5.56 Å². The van der Waals surface area contributed by atoms with Crippen molar-refractivity contribution in [3.8, 4) is 11.5 Å². The predicted molar refractivity (Wildman–Crippen MR) is 171 cm³/mol. The Kier molecular flexibility index (Phi) is 16.4. The number of hydrogen-bond acceptors (Lipinski definition) is 8. The van der Waals surface area contributed by atoms with E-state index in [2.05, 4.69) is 32.5 Å². The number of nitrogens with two attached hydrogens (primary N) is 1. The summed E-state index contributed by atoms with van der Waals surface area (Å²) >= 11 is 0. The summed E-state index contributed by atoms with van der Waals surface area (Å²) in [7, 11) is 0. The summed E-state index contributed by atoms with van der Waals surface area (Å²) < 4.78 is 1.87. The highest BCUT2D eigenvalue weighted by atomic mass is 16.4. The van der Waals surface area contributed by atoms with Crippen LogP contribution in [0.15, 0.2) is 21.7 Å². The van der Waals surface area contributed by atoms with Crippen LogP contribution in [0.1, 0.15) is 96.5 Å². The number of aryl methyl sites for hydroxylation is 2. The Morgan fingerprint density at radius 2 is 1.64 bits per heavy atom. The highest BCUT2D eigenvalue weighted by Crippen LogP contribution is 2.27. The molecule has 0 bridgehead atoms. The smallest absolute Gasteiger partial charge is 0.349 e. The lowest BCUT2D eigenvalue weighted by atomic mass is 10.1. The SMILES string of the molecule is CCCNCCCCCCCCN.CCNc1cc2c(cc1C)nc1c(=O)[nH]c(=O)nc-1n2CCCCCCC(=O)O. The summed E-state index contributed by atoms with van der Waals surface area (Å²) in [6.07, 6.45) is 12.4. The van der Waals surface area contributed by atoms with E-state index in [1.807, 2.05) is 30.5 Å². The summed E-state index contributed by atoms with van der Waals surface area (Å²) in [6.45, 7) is 10.7. The van der Waals surface area contributed by atoms with Gasteiger partial charge >= 0.3 is 11.7 Å². The van der Waals surface area contributed by atoms with Crippen LogP contribution in [0.3, 0.4) is 0 Å². The number of fused-ring (bicyclic) bond motifs is 2. The van der Waals surface area contributed by atoms with Crippen LogP contribution in [0.4, 0.5) is 5.69 Å². The van der Waals surface area contributed by atoms with Crippen molar-refractivity contribution in [2.45, 2.75) is 104 Å². The molecule has 6 N–H and O–H groups in total. The number of nitrogens with one attached hydrogen (secondary N) is 3. The van der Waals surface area contributed by atoms with E-state index in [9.17, 15) is 14.4 Å². The molecule has 0 radical (unpaired) electrons. The fourth-order valence-corrected chi connectivity index (χ4v) is 4.86. The Labute approximate surface area is 249 Å². The molecule has 0 aromatic heterocycles. The van der Waals surface area contributed by atoms with Gasteiger partial charge < -0.3 is 26.0 Å². The zero-order valence-corrected chi connectivity index (χ0v) is 25.8. The molecule has 1 aromatic carbocycles. The molecule has 0 spiro atoms. The van der Waals surface area contributed by atoms with E-state index in [0.29, 0.717) is 18.5 Å². The molecule has 0 fully saturated rings. The van der Waals surface area contributed by atoms with Crippen molar-refractivity contribution in [3.63, 3.8) is 0 Å². The molecule has 42 heavy (non-hydrogen) atoms. The minimum atomic E-state index is -0.789. The van der Waals surface area contributed by atoms with Gasteiger partial charge in [-0.15, -0.1) is 0 Å². The average molecular weight is 586 g/mol. The fourth-order valence-electron chi connectivity index (χ4n) is 4.86. The summed E-state index contributed by atoms with van der Waals surface area (Å²) in [4.78, 5) is 45.4. The number of unbranched alkanes of at least 4 members (excludes halogenated alkanes) is 8. The molecule has 2 aliphatic rings. The molecule has 3 rings (SSSR count). The Balaban J connectivity index is 0.000000401. The predicted octanol–water partition coefficient (Wildman–Crippen LogP) is 4.65. The van der Waals surface area contributed by atoms with Crippen LogP contribution < -0.4 is 27.6 Å². The average Bonchev–Trinajstić information content (AvgIpc) is 2.95. The van der Waals surface area contributed by atoms with Crippen LogP contribution >= 0.6 is 0 Å². The molecule has 11 nitrogen and oxygen atoms in total. The van der Waals surface area contributed by atoms with Crippen molar-refractivity contribution in [3.05, 3.63) is 38.5 Å². The van der Waals surface area contributed by atoms with Crippen molar-refractivity contribution in [2.24, 2.45) is 5.73 Å². The molecular weight excluding hydrogens is 534 g/mol. The van der Waals surface area contributed by atoms with Crippen LogP contribution in [-0.2, 0) is 11.3 Å². The summed E-state index contributed by atoms with van der Waals surface area (Å²) in [5, 5.41) is 15.5. The van der Waals surface area contributed by atoms with Crippen molar-refractivity contribution in [2.75, 3.05) is 31.5 Å². The van der Waals surface area contributed by atoms with Crippen molar-refractivity contribution in [1.82, 2.24) is 24.8 Å². The zero-order valence-electron chi connectivity index (χ0n) is 25.8. The van der Waals surface area contributed by atoms with Crippen LogP contribution in [0.25, 0.3) is 22.6 Å². The Hall–Kier alpha value is -3.31. The van der Waals surface area contributed by atoms with Gasteiger partial charge in [0.05, 0.1) is 11.0 Å². The zero-order chi connectivity index (χ0) is 30.7. The highest BCUT2D eigenvalue weighted by Gasteiger charge is 2.19. The summed E-state index contributed by atoms with van der Waals surface area (Å²) in [5.74, 6) is -0.522. The highest BCUT2D eigenvalue weighted by molar-refractivity contribution is 5.84. The largest absolute Gasteiger partial charge is 0.481 e. The molecule has 234 valence electrons. The second kappa shape index (κ2) is 19.7. The third kappa shape index (κ3) is 11.9. The number of anilines is 1. The van der Waals surface area contributed by atoms with Gasteiger partial charge in [-0.1, -0.05) is 45.4 Å². The van der Waals surface area contributed by atoms with Gasteiger partial charge in [-0.3, -0.25) is 14.6 Å². The molecule has 0 atom stereocenters. The molecule has 1 aromatic rings. The minimum absolute atomic E-state index is 0.138. The molecule has 0 saturated heterocycles. The normalized spacial score (nSPS) is 11.0. The molecule has 0 unspecified atom stereocenters. The quantitative estimate of drug-likeness (QED) is 0.0993. The molecular formula is C31H51N7O4. The van der Waals surface area contributed by atoms with E-state index in [-0.39, 0.29) is 17.9 Å². The van der Waals surface area contributed by atoms with Crippen LogP contribution in [-0.4, -0.2) is 56.8 Å². The van der Waals surface area contributed by atoms with E-state index in [1.165, 1.54) is 58.0 Å². The second-order valence-electron chi connectivity index (χ2n) is 10.7. The van der Waals surface area contributed by atoms with E-state index in [4.69, 9.17) is 10.8 Å². The van der Waals surface area contributed by atoms with E-state index in [0.717, 1.165) is 49.1 Å². The second-order valence-corrected chi connectivity index (χ2v) is 10.7. The molecule has 0 amide bonds. The molecule has 0 saturated carbocycles. The lowest BCUT2D eigenvalue weighted by Gasteiger charge is -2.18. The van der Waals surface area contributed by atoms with Crippen molar-refractivity contribution < 1.29 is 9.90 Å². The molecule has 11 heteroatoms. The fraction of sp³-hybridized carbons (Fsp3) is 0.645. The lowest BCUT2D eigenvalue weighted by Crippen LogP contribution is -2.29. The number of nitrogens with zero attached hydrogens (tertiary/aromatic N) is 3. The Bertz CT molecular complexity index is 1290. The van der Waals surface area contributed by atoms with Gasteiger partial charge in [-0.25, -0.2) is 9.78 Å². The van der Waals surface area contributed by atoms with Crippen LogP contribution in [0, 0.1) is 6.92 Å². The number of aliphatic carboxylic acids is 1. The van der Waals surface area contributed by atoms with Crippen molar-refractivity contribution >= 4 is 22.7 Å². The molecule has 2 aliphatic heterocycles. The number of carboxylic acid groups (broad SMARTS) is 1. The summed E-state index contributed by atoms with van der Waals surface area (Å²) in [5.41, 5.74) is 7.73. The Morgan fingerprint density at radius 1 is 0.952 bits per heavy atom. The minimum Gasteiger partial charge on any atom is -0.481 e. The molecule has 0 aliphatic carbocycles. The summed E-state index contributed by atoms with van der Waals surface area (Å²) in [6, 6.07) is 3.89. The number of carbonyl (C=O) groups is 1. The van der Waals surface area contributed by atoms with E-state index >= 15 is 0 Å². The maximum Gasteiger partial charge on any atom is 0.349 e. The molecule has 2 heterocycles. The van der Waals surface area contributed by atoms with Gasteiger partial charge in [0, 0.05) is 25.2 Å². The number of aromatic amines is 1. The Morgan fingerprint density at radius 3 is 2.33 bits per heavy atom. The first-order valence-corrected chi connectivity index (χ1v) is 15.6. The number of H-pyrrole nitrogens is 1. The van der Waals surface area contributed by atoms with Crippen molar-refractivity contribution in [1.29, 1.82) is 0 Å². The van der Waals surface area contributed by atoms with Gasteiger partial charge in [0.2, 0.25) is 0 Å². The van der Waals surface area contributed by atoms with Gasteiger partial charge in [0.15, 0.2) is 11.5 Å². The standard InChI is InChI=1S/C20H25N5O4.C11H26N2/c1-3-21-13-11-15-14(10-12(13)2)22-17-18(23-20(29)24-19(17)28)25(15)9-7-5-4-6-8-16(26)27;1-2-10-13-11-8-6-4-3-5-7-9-12/h10-11,21H,3-9H2,1-2H3,(H,26,27)(H,24,28,29);13H,2-12H2,1H3. The van der Waals surface area contributed by atoms with Gasteiger partial charge in [-0.2, -0.15) is 4.98 Å². The maximum absolute atomic E-state index is 12.3. The topological polar surface area (TPSA) is 168 Å². The lowest BCUT2D eigenvalue weighted by molar-refractivity contribution is -0.137. The van der Waals surface area contributed by atoms with E-state index in [1.54, 1.807) is 0 Å². The monoisotopic (exact) mass is 585 g/mol. The van der Waals surface area contributed by atoms with Gasteiger partial charge in [0.1, 0.15) is 0 Å². The third-order valence-corrected chi connectivity index (χ3v) is 7.08. The first-order valence-electron chi connectivity index (χ1n) is 15.6. The van der Waals surface area contributed by atoms with E-state index < -0.39 is 17.2 Å². The maximum atomic E-state index is 12.3. The third-order valence-electron chi connectivity index (χ3n) is 7.08. The number of hydrogen-bond donors (Lipinski definition) is 5. The number of rotatable bonds is 19. The number of benzene rings is 1. The number of aromatic nitrogens is 4. The first-order chi connectivity index (χ1) is 20.3. The van der Waals surface area contributed by atoms with Crippen LogP contribution in [0.5, 0.6) is 0 Å². The number of carboxylic acids is 1. The van der Waals surface area contributed by atoms with Crippen LogP contribution in [0.2, 0.25) is 0 Å².